The van der Waals surface area contributed by atoms with Gasteiger partial charge in [-0.3, -0.25) is 19.2 Å². The van der Waals surface area contributed by atoms with Crippen molar-refractivity contribution in [3.63, 3.8) is 0 Å². The average Bonchev–Trinajstić information content (AvgIpc) is 0.777. The first kappa shape index (κ1) is 111. The molecule has 0 unspecified atom stereocenters. The minimum atomic E-state index is -3.62. The summed E-state index contributed by atoms with van der Waals surface area (Å²) in [7, 11) is -14.2. The van der Waals surface area contributed by atoms with Crippen LogP contribution in [-0.4, -0.2) is 284 Å². The summed E-state index contributed by atoms with van der Waals surface area (Å²) in [6.45, 7) is 11.7. The van der Waals surface area contributed by atoms with Gasteiger partial charge in [-0.2, -0.15) is 27.2 Å². The van der Waals surface area contributed by atoms with Gasteiger partial charge in [0, 0.05) is 125 Å². The maximum atomic E-state index is 13.2. The van der Waals surface area contributed by atoms with Crippen LogP contribution in [0.4, 0.5) is 40.3 Å². The van der Waals surface area contributed by atoms with Gasteiger partial charge in [-0.25, -0.2) is 63.6 Å². The third-order valence-corrected chi connectivity index (χ3v) is 30.7. The molecule has 136 heavy (non-hydrogen) atoms. The van der Waals surface area contributed by atoms with Gasteiger partial charge in [0.25, 0.3) is 23.0 Å². The van der Waals surface area contributed by atoms with Gasteiger partial charge in [0.1, 0.15) is 33.1 Å². The van der Waals surface area contributed by atoms with Gasteiger partial charge in [-0.05, 0) is 240 Å². The van der Waals surface area contributed by atoms with Crippen LogP contribution in [0, 0.1) is 0 Å². The number of hydrogen-bond acceptors (Lipinski definition) is 33. The lowest BCUT2D eigenvalue weighted by molar-refractivity contribution is 0.0730. The molecule has 0 radical (unpaired) electrons. The fourth-order valence-corrected chi connectivity index (χ4v) is 20.7. The highest BCUT2D eigenvalue weighted by Gasteiger charge is 2.33. The highest BCUT2D eigenvalue weighted by atomic mass is 35.5. The maximum absolute atomic E-state index is 13.2. The molecular formula is C86H115Cl6N21O19S4. The molecule has 15 rings (SSSR count). The summed E-state index contributed by atoms with van der Waals surface area (Å²) in [5.74, 6) is -0.188. The number of hydrogen-bond donors (Lipinski definition) is 12. The van der Waals surface area contributed by atoms with Crippen molar-refractivity contribution in [2.75, 3.05) is 156 Å². The number of anilines is 7. The van der Waals surface area contributed by atoms with Crippen molar-refractivity contribution in [2.45, 2.75) is 173 Å². The first-order valence-electron chi connectivity index (χ1n) is 44.1. The number of benzene rings is 4. The lowest BCUT2D eigenvalue weighted by Crippen LogP contribution is -2.40. The SMILES string of the molecule is CCCCN.CCCCNc1ncc(C(=O)Nc2ccc(S(=O)(=O)N3CCOCC3)cc2)c(NC2CCC(O)CC2)n1.NC1CCC(O)CC1.Nc1ccc(S(=O)(=O)N2CCOCC2)cc1.O=C(Cl)c1cnc(Cl)nc1Cl.O=C(Nc1ccc(S(=O)(=O)N2CCOCC2)cc1)c1cnc(Cl)nc1Cl.O=C(Nc1ccc(S(=O)(=O)N2CCOCC2)cc1)c1cnc(Cl)nc1NC1CCC(O)CC1. The zero-order chi connectivity index (χ0) is 98.5. The maximum Gasteiger partial charge on any atom is 0.260 e. The smallest absolute Gasteiger partial charge is 0.260 e. The number of amides is 3. The van der Waals surface area contributed by atoms with Crippen molar-refractivity contribution < 1.29 is 87.1 Å². The second-order valence-electron chi connectivity index (χ2n) is 31.7. The first-order chi connectivity index (χ1) is 65.0. The third-order valence-electron chi connectivity index (χ3n) is 21.8. The number of unbranched alkanes of at least 4 members (excludes halogenated alkanes) is 2. The van der Waals surface area contributed by atoms with Crippen LogP contribution in [0.3, 0.4) is 0 Å². The van der Waals surface area contributed by atoms with Gasteiger partial charge in [0.15, 0.2) is 0 Å². The van der Waals surface area contributed by atoms with Gasteiger partial charge >= 0.3 is 0 Å². The molecule has 40 nitrogen and oxygen atoms in total. The van der Waals surface area contributed by atoms with Crippen molar-refractivity contribution in [1.82, 2.24) is 57.1 Å². The molecule has 3 amide bonds. The van der Waals surface area contributed by atoms with Crippen LogP contribution in [0.5, 0.6) is 0 Å². The second kappa shape index (κ2) is 55.5. The molecule has 744 valence electrons. The zero-order valence-electron chi connectivity index (χ0n) is 74.9. The van der Waals surface area contributed by atoms with Gasteiger partial charge in [-0.15, -0.1) is 0 Å². The average molecular weight is 2090 g/mol. The van der Waals surface area contributed by atoms with Crippen LogP contribution in [0.15, 0.2) is 141 Å². The molecule has 3 saturated carbocycles. The number of sulfonamides is 4. The minimum Gasteiger partial charge on any atom is -0.399 e. The number of nitrogen functional groups attached to an aromatic ring is 1. The van der Waals surface area contributed by atoms with E-state index in [1.165, 1.54) is 128 Å². The Hall–Kier alpha value is -8.50. The van der Waals surface area contributed by atoms with E-state index in [-0.39, 0.29) is 98.4 Å². The largest absolute Gasteiger partial charge is 0.399 e. The van der Waals surface area contributed by atoms with Crippen LogP contribution >= 0.6 is 69.6 Å². The van der Waals surface area contributed by atoms with E-state index >= 15 is 0 Å². The molecule has 7 aliphatic rings. The van der Waals surface area contributed by atoms with E-state index in [4.69, 9.17) is 111 Å². The van der Waals surface area contributed by atoms with Gasteiger partial charge in [-0.1, -0.05) is 49.9 Å². The number of carbonyl (C=O) groups is 4. The van der Waals surface area contributed by atoms with Crippen LogP contribution in [-0.2, 0) is 59.0 Å². The van der Waals surface area contributed by atoms with Gasteiger partial charge in [0.2, 0.25) is 61.9 Å². The Morgan fingerprint density at radius 1 is 0.404 bits per heavy atom. The molecule has 15 N–H and O–H groups in total. The lowest BCUT2D eigenvalue weighted by Gasteiger charge is -2.27. The summed E-state index contributed by atoms with van der Waals surface area (Å²) in [6, 6.07) is 24.7. The van der Waals surface area contributed by atoms with Crippen molar-refractivity contribution >= 4 is 173 Å². The molecule has 8 aromatic rings. The van der Waals surface area contributed by atoms with E-state index in [9.17, 15) is 63.1 Å². The second-order valence-corrected chi connectivity index (χ2v) is 41.5. The molecular weight excluding hydrogens is 1970 g/mol. The van der Waals surface area contributed by atoms with Crippen LogP contribution < -0.4 is 49.1 Å². The summed E-state index contributed by atoms with van der Waals surface area (Å²) in [6.07, 6.45) is 18.6. The predicted molar refractivity (Wildman–Crippen MR) is 519 cm³/mol. The highest BCUT2D eigenvalue weighted by Crippen LogP contribution is 2.31. The molecule has 4 aromatic heterocycles. The van der Waals surface area contributed by atoms with E-state index in [1.807, 2.05) is 0 Å². The van der Waals surface area contributed by atoms with E-state index in [0.717, 1.165) is 77.3 Å². The van der Waals surface area contributed by atoms with E-state index in [2.05, 4.69) is 85.6 Å². The number of nitrogens with one attached hydrogen (secondary N) is 6. The number of aliphatic hydroxyl groups is 3. The molecule has 0 atom stereocenters. The Labute approximate surface area is 821 Å². The van der Waals surface area contributed by atoms with Crippen molar-refractivity contribution in [1.29, 1.82) is 0 Å². The van der Waals surface area contributed by atoms with Gasteiger partial charge in [0.05, 0.1) is 102 Å². The molecule has 7 fully saturated rings. The molecule has 4 saturated heterocycles. The fraction of sp³-hybridized carbons (Fsp3) is 0.488. The fourth-order valence-electron chi connectivity index (χ4n) is 14.0. The van der Waals surface area contributed by atoms with Crippen LogP contribution in [0.25, 0.3) is 0 Å². The Morgan fingerprint density at radius 3 is 1.01 bits per heavy atom. The summed E-state index contributed by atoms with van der Waals surface area (Å²) < 4.78 is 127. The van der Waals surface area contributed by atoms with Crippen molar-refractivity contribution in [3.8, 4) is 0 Å². The Morgan fingerprint density at radius 2 is 0.699 bits per heavy atom. The standard InChI is InChI=1S/C25H36N6O5S.C21H26ClN5O5S.C15H14Cl2N4O4S.C10H14N2O3S.C6H13NO.C5HCl3N2O.C4H11N/c1-2-3-12-26-25-27-17-22(23(30-25)28-18-4-8-20(32)9-5-18)24(33)29-19-6-10-21(11-7-19)37(34,35)31-13-15-36-16-14-31;22-21-23-13-18(19(26-21)24-14-1-5-16(28)6-2-14)20(29)25-15-3-7-17(8-4-15)33(30,31)27-9-11-32-12-10-27;16-13-12(9-18-15(17)20-13)14(22)19-10-1-3-11(4-2-10)26(23,24)21-5-7-25-8-6-21;11-9-1-3-10(4-2-9)16(13,14)12-5-7-15-8-6-12;7-5-1-3-6(8)4-2-5;6-3-2(4(7)11)1-9-5(8)10-3;1-2-3-4-5/h6-7,10-11,17-18,20,32H,2-5,8-9,12-16H2,1H3,(H,29,33)(H2,26,27,28,30);3-4,7-8,13-14,16,28H,1-2,5-6,9-12H2,(H,25,29)(H,23,24,26);1-4,9H,5-8H2,(H,19,22);1-4H,5-8,11H2;5-6,8H,1-4,7H2;1H;2-5H2,1H3. The number of halogens is 6. The molecule has 4 aromatic carbocycles. The monoisotopic (exact) mass is 2080 g/mol. The summed E-state index contributed by atoms with van der Waals surface area (Å²) in [4.78, 5) is 81.0. The predicted octanol–water partition coefficient (Wildman–Crippen LogP) is 10.3. The zero-order valence-corrected chi connectivity index (χ0v) is 82.7. The van der Waals surface area contributed by atoms with E-state index in [0.29, 0.717) is 177 Å². The normalized spacial score (nSPS) is 19.6. The first-order valence-corrected chi connectivity index (χ1v) is 52.2. The van der Waals surface area contributed by atoms with Gasteiger partial charge < -0.3 is 83.4 Å². The number of ether oxygens (including phenoxy) is 4. The number of carbonyl (C=O) groups excluding carboxylic acids is 4. The molecule has 4 aliphatic heterocycles. The minimum absolute atomic E-state index is 0.0163. The number of morpholine rings is 4. The number of aromatic nitrogens is 8. The Bertz CT molecular complexity index is 5630. The van der Waals surface area contributed by atoms with Crippen molar-refractivity contribution in [3.05, 3.63) is 170 Å². The summed E-state index contributed by atoms with van der Waals surface area (Å²) in [5, 5.41) is 45.6. The highest BCUT2D eigenvalue weighted by molar-refractivity contribution is 7.90. The quantitative estimate of drug-likeness (QED) is 0.00831. The Kier molecular flexibility index (Phi) is 45.3. The molecule has 0 bridgehead atoms. The molecule has 3 aliphatic carbocycles. The Balaban J connectivity index is 0.000000192. The number of aliphatic hydroxyl groups excluding tert-OH is 3. The molecule has 0 spiro atoms. The third kappa shape index (κ3) is 34.8. The molecule has 8 heterocycles. The van der Waals surface area contributed by atoms with Crippen LogP contribution in [0.2, 0.25) is 26.2 Å². The summed E-state index contributed by atoms with van der Waals surface area (Å²) >= 11 is 33.4. The van der Waals surface area contributed by atoms with Crippen molar-refractivity contribution in [2.24, 2.45) is 11.5 Å². The number of nitrogens with two attached hydrogens (primary N) is 3. The van der Waals surface area contributed by atoms with Crippen LogP contribution in [0.1, 0.15) is 158 Å². The van der Waals surface area contributed by atoms with E-state index < -0.39 is 63.1 Å². The summed E-state index contributed by atoms with van der Waals surface area (Å²) in [5.41, 5.74) is 18.7. The molecule has 50 heteroatoms. The number of rotatable bonds is 25. The number of nitrogens with zero attached hydrogens (tertiary/aromatic N) is 12. The van der Waals surface area contributed by atoms with E-state index in [1.54, 1.807) is 24.3 Å². The topological polar surface area (TPSA) is 569 Å². The lowest BCUT2D eigenvalue weighted by atomic mass is 9.93.